The van der Waals surface area contributed by atoms with E-state index < -0.39 is 41.1 Å². The average Bonchev–Trinajstić information content (AvgIpc) is 2.71. The molecule has 11 heteroatoms. The first-order valence-corrected chi connectivity index (χ1v) is 8.30. The number of benzene rings is 2. The van der Waals surface area contributed by atoms with Gasteiger partial charge in [0, 0.05) is 17.7 Å². The number of hydrazine groups is 1. The zero-order valence-electron chi connectivity index (χ0n) is 15.2. The van der Waals surface area contributed by atoms with Crippen molar-refractivity contribution < 1.29 is 28.4 Å². The first-order valence-electron chi connectivity index (χ1n) is 8.30. The maximum atomic E-state index is 12.8. The number of ether oxygens (including phenoxy) is 1. The minimum Gasteiger partial charge on any atom is -0.481 e. The minimum absolute atomic E-state index is 0.0114. The van der Waals surface area contributed by atoms with Crippen LogP contribution in [0.3, 0.4) is 0 Å². The van der Waals surface area contributed by atoms with Crippen molar-refractivity contribution in [2.75, 3.05) is 6.54 Å². The molecule has 2 rings (SSSR count). The third kappa shape index (κ3) is 6.57. The second-order valence-electron chi connectivity index (χ2n) is 5.74. The van der Waals surface area contributed by atoms with E-state index >= 15 is 0 Å². The molecule has 152 valence electrons. The summed E-state index contributed by atoms with van der Waals surface area (Å²) in [5.74, 6) is -2.28. The molecule has 29 heavy (non-hydrogen) atoms. The van der Waals surface area contributed by atoms with E-state index in [4.69, 9.17) is 4.74 Å². The van der Waals surface area contributed by atoms with Gasteiger partial charge in [-0.3, -0.25) is 35.3 Å². The number of carbonyl (C=O) groups excluding carboxylic acids is 3. The van der Waals surface area contributed by atoms with Gasteiger partial charge in [0.05, 0.1) is 11.5 Å². The van der Waals surface area contributed by atoms with Gasteiger partial charge in [-0.1, -0.05) is 6.07 Å². The number of rotatable bonds is 7. The Morgan fingerprint density at radius 3 is 2.48 bits per heavy atom. The van der Waals surface area contributed by atoms with Crippen molar-refractivity contribution in [2.24, 2.45) is 0 Å². The Morgan fingerprint density at radius 2 is 1.83 bits per heavy atom. The molecule has 0 aromatic heterocycles. The van der Waals surface area contributed by atoms with E-state index in [0.717, 1.165) is 6.07 Å². The van der Waals surface area contributed by atoms with Crippen LogP contribution in [0, 0.1) is 15.9 Å². The number of hydrogen-bond donors (Lipinski definition) is 3. The molecule has 2 aromatic rings. The minimum atomic E-state index is -0.986. The predicted molar refractivity (Wildman–Crippen MR) is 98.2 cm³/mol. The average molecular weight is 404 g/mol. The van der Waals surface area contributed by atoms with E-state index in [1.54, 1.807) is 0 Å². The molecule has 0 bridgehead atoms. The molecule has 0 saturated carbocycles. The van der Waals surface area contributed by atoms with Gasteiger partial charge < -0.3 is 10.1 Å². The summed E-state index contributed by atoms with van der Waals surface area (Å²) in [6.07, 6.45) is -0.986. The van der Waals surface area contributed by atoms with E-state index in [0.29, 0.717) is 0 Å². The van der Waals surface area contributed by atoms with E-state index in [2.05, 4.69) is 16.2 Å². The van der Waals surface area contributed by atoms with Crippen LogP contribution in [-0.2, 0) is 9.59 Å². The highest BCUT2D eigenvalue weighted by molar-refractivity contribution is 5.97. The molecule has 3 amide bonds. The van der Waals surface area contributed by atoms with Gasteiger partial charge in [0.2, 0.25) is 0 Å². The maximum absolute atomic E-state index is 12.8. The first-order chi connectivity index (χ1) is 13.8. The van der Waals surface area contributed by atoms with Crippen LogP contribution in [0.15, 0.2) is 48.5 Å². The predicted octanol–water partition coefficient (Wildman–Crippen LogP) is 1.08. The number of non-ortho nitro benzene ring substituents is 1. The van der Waals surface area contributed by atoms with Gasteiger partial charge >= 0.3 is 0 Å². The third-order valence-corrected chi connectivity index (χ3v) is 3.55. The number of carbonyl (C=O) groups is 3. The molecular weight excluding hydrogens is 387 g/mol. The largest absolute Gasteiger partial charge is 0.481 e. The summed E-state index contributed by atoms with van der Waals surface area (Å²) in [7, 11) is 0. The van der Waals surface area contributed by atoms with Crippen molar-refractivity contribution in [3.63, 3.8) is 0 Å². The number of nitrogens with one attached hydrogen (secondary N) is 3. The van der Waals surface area contributed by atoms with Gasteiger partial charge in [-0.25, -0.2) is 4.39 Å². The van der Waals surface area contributed by atoms with Crippen LogP contribution < -0.4 is 20.9 Å². The lowest BCUT2D eigenvalue weighted by molar-refractivity contribution is -0.384. The molecule has 0 aliphatic carbocycles. The van der Waals surface area contributed by atoms with E-state index in [1.165, 1.54) is 49.4 Å². The quantitative estimate of drug-likeness (QED) is 0.466. The highest BCUT2D eigenvalue weighted by Crippen LogP contribution is 2.13. The number of amides is 3. The highest BCUT2D eigenvalue weighted by atomic mass is 19.1. The normalized spacial score (nSPS) is 11.1. The molecule has 0 aliphatic rings. The van der Waals surface area contributed by atoms with Crippen molar-refractivity contribution in [3.8, 4) is 5.75 Å². The monoisotopic (exact) mass is 404 g/mol. The molecule has 2 aromatic carbocycles. The second-order valence-corrected chi connectivity index (χ2v) is 5.74. The van der Waals surface area contributed by atoms with Crippen molar-refractivity contribution in [2.45, 2.75) is 13.0 Å². The van der Waals surface area contributed by atoms with Gasteiger partial charge in [-0.2, -0.15) is 0 Å². The SMILES string of the molecule is CC(Oc1ccc(F)cc1)C(=O)NNC(=O)CNC(=O)c1cccc([N+](=O)[O-])c1. The fraction of sp³-hybridized carbons (Fsp3) is 0.167. The molecule has 10 nitrogen and oxygen atoms in total. The lowest BCUT2D eigenvalue weighted by Crippen LogP contribution is -2.50. The molecule has 1 unspecified atom stereocenters. The molecule has 0 heterocycles. The summed E-state index contributed by atoms with van der Waals surface area (Å²) in [6.45, 7) is 0.948. The zero-order valence-corrected chi connectivity index (χ0v) is 15.2. The van der Waals surface area contributed by atoms with Crippen LogP contribution in [0.1, 0.15) is 17.3 Å². The Balaban J connectivity index is 1.76. The van der Waals surface area contributed by atoms with Gasteiger partial charge in [0.1, 0.15) is 11.6 Å². The Labute approximate surface area is 164 Å². The fourth-order valence-corrected chi connectivity index (χ4v) is 2.07. The molecule has 0 radical (unpaired) electrons. The topological polar surface area (TPSA) is 140 Å². The Kier molecular flexibility index (Phi) is 7.18. The number of nitro benzene ring substituents is 1. The summed E-state index contributed by atoms with van der Waals surface area (Å²) in [6, 6.07) is 10.0. The van der Waals surface area contributed by atoms with Crippen molar-refractivity contribution in [1.29, 1.82) is 0 Å². The van der Waals surface area contributed by atoms with Crippen LogP contribution in [0.25, 0.3) is 0 Å². The Morgan fingerprint density at radius 1 is 1.14 bits per heavy atom. The smallest absolute Gasteiger partial charge is 0.279 e. The number of nitro groups is 1. The first kappa shape index (κ1) is 21.3. The second kappa shape index (κ2) is 9.78. The van der Waals surface area contributed by atoms with Crippen LogP contribution in [-0.4, -0.2) is 35.3 Å². The summed E-state index contributed by atoms with van der Waals surface area (Å²) in [4.78, 5) is 45.7. The molecule has 0 aliphatic heterocycles. The van der Waals surface area contributed by atoms with Gasteiger partial charge in [0.15, 0.2) is 6.10 Å². The van der Waals surface area contributed by atoms with Crippen LogP contribution >= 0.6 is 0 Å². The lowest BCUT2D eigenvalue weighted by Gasteiger charge is -2.15. The van der Waals surface area contributed by atoms with Crippen LogP contribution in [0.5, 0.6) is 5.75 Å². The number of hydrogen-bond acceptors (Lipinski definition) is 6. The van der Waals surface area contributed by atoms with E-state index in [1.807, 2.05) is 0 Å². The molecular formula is C18H17FN4O6. The van der Waals surface area contributed by atoms with E-state index in [-0.39, 0.29) is 17.0 Å². The lowest BCUT2D eigenvalue weighted by atomic mass is 10.2. The summed E-state index contributed by atoms with van der Waals surface area (Å²) >= 11 is 0. The van der Waals surface area contributed by atoms with E-state index in [9.17, 15) is 28.9 Å². The van der Waals surface area contributed by atoms with Gasteiger partial charge in [-0.15, -0.1) is 0 Å². The fourth-order valence-electron chi connectivity index (χ4n) is 2.07. The number of halogens is 1. The molecule has 0 spiro atoms. The standard InChI is InChI=1S/C18H17FN4O6/c1-11(29-15-7-5-13(19)6-8-15)17(25)22-21-16(24)10-20-18(26)12-3-2-4-14(9-12)23(27)28/h2-9,11H,10H2,1H3,(H,20,26)(H,21,24)(H,22,25). The highest BCUT2D eigenvalue weighted by Gasteiger charge is 2.16. The molecule has 0 saturated heterocycles. The summed E-state index contributed by atoms with van der Waals surface area (Å²) in [5.41, 5.74) is 3.97. The summed E-state index contributed by atoms with van der Waals surface area (Å²) in [5, 5.41) is 13.0. The molecule has 0 fully saturated rings. The summed E-state index contributed by atoms with van der Waals surface area (Å²) < 4.78 is 18.1. The van der Waals surface area contributed by atoms with Crippen LogP contribution in [0.2, 0.25) is 0 Å². The van der Waals surface area contributed by atoms with Crippen molar-refractivity contribution in [1.82, 2.24) is 16.2 Å². The Hall–Kier alpha value is -4.02. The number of nitrogens with zero attached hydrogens (tertiary/aromatic N) is 1. The Bertz CT molecular complexity index is 919. The van der Waals surface area contributed by atoms with Crippen LogP contribution in [0.4, 0.5) is 10.1 Å². The van der Waals surface area contributed by atoms with Gasteiger partial charge in [0.25, 0.3) is 23.4 Å². The van der Waals surface area contributed by atoms with Crippen molar-refractivity contribution >= 4 is 23.4 Å². The zero-order chi connectivity index (χ0) is 21.4. The molecule has 1 atom stereocenters. The van der Waals surface area contributed by atoms with Crippen molar-refractivity contribution in [3.05, 3.63) is 70.0 Å². The third-order valence-electron chi connectivity index (χ3n) is 3.55. The maximum Gasteiger partial charge on any atom is 0.279 e. The van der Waals surface area contributed by atoms with Gasteiger partial charge in [-0.05, 0) is 37.3 Å². The molecule has 3 N–H and O–H groups in total.